The number of carbonyl (C=O) groups excluding carboxylic acids is 2. The van der Waals surface area contributed by atoms with Crippen LogP contribution in [0.2, 0.25) is 0 Å². The zero-order valence-electron chi connectivity index (χ0n) is 10.3. The van der Waals surface area contributed by atoms with Crippen molar-refractivity contribution in [3.63, 3.8) is 0 Å². The minimum atomic E-state index is -3.43. The second-order valence-corrected chi connectivity index (χ2v) is 6.62. The van der Waals surface area contributed by atoms with Crippen LogP contribution in [-0.4, -0.2) is 43.4 Å². The highest BCUT2D eigenvalue weighted by molar-refractivity contribution is 7.88. The Labute approximate surface area is 107 Å². The van der Waals surface area contributed by atoms with E-state index in [9.17, 15) is 18.0 Å². The van der Waals surface area contributed by atoms with Crippen molar-refractivity contribution < 1.29 is 18.0 Å². The van der Waals surface area contributed by atoms with E-state index in [2.05, 4.69) is 0 Å². The Morgan fingerprint density at radius 1 is 1.33 bits per heavy atom. The Kier molecular flexibility index (Phi) is 4.69. The highest BCUT2D eigenvalue weighted by atomic mass is 32.2. The van der Waals surface area contributed by atoms with Gasteiger partial charge >= 0.3 is 0 Å². The van der Waals surface area contributed by atoms with E-state index < -0.39 is 27.9 Å². The third-order valence-corrected chi connectivity index (χ3v) is 4.50. The largest absolute Gasteiger partial charge is 0.370 e. The molecule has 1 aliphatic rings. The van der Waals surface area contributed by atoms with Crippen LogP contribution in [0.3, 0.4) is 0 Å². The van der Waals surface area contributed by atoms with Gasteiger partial charge in [-0.25, -0.2) is 8.42 Å². The molecule has 0 aromatic heterocycles. The van der Waals surface area contributed by atoms with E-state index in [4.69, 9.17) is 11.5 Å². The molecule has 0 aromatic carbocycles. The van der Waals surface area contributed by atoms with Crippen LogP contribution < -0.4 is 11.5 Å². The summed E-state index contributed by atoms with van der Waals surface area (Å²) in [4.78, 5) is 22.0. The van der Waals surface area contributed by atoms with Crippen LogP contribution in [0.5, 0.6) is 0 Å². The van der Waals surface area contributed by atoms with Gasteiger partial charge in [0.1, 0.15) is 6.04 Å². The van der Waals surface area contributed by atoms with Crippen molar-refractivity contribution in [1.29, 1.82) is 0 Å². The second kappa shape index (κ2) is 5.66. The number of amides is 2. The fourth-order valence-electron chi connectivity index (χ4n) is 2.28. The van der Waals surface area contributed by atoms with Crippen molar-refractivity contribution in [2.45, 2.75) is 31.7 Å². The number of primary amides is 2. The maximum atomic E-state index is 11.5. The van der Waals surface area contributed by atoms with Crippen LogP contribution in [-0.2, 0) is 19.6 Å². The maximum absolute atomic E-state index is 11.5. The van der Waals surface area contributed by atoms with E-state index in [-0.39, 0.29) is 18.9 Å². The van der Waals surface area contributed by atoms with Crippen molar-refractivity contribution in [2.24, 2.45) is 17.4 Å². The van der Waals surface area contributed by atoms with Crippen molar-refractivity contribution >= 4 is 21.8 Å². The first-order valence-corrected chi connectivity index (χ1v) is 7.61. The summed E-state index contributed by atoms with van der Waals surface area (Å²) in [7, 11) is -3.43. The van der Waals surface area contributed by atoms with E-state index in [0.717, 1.165) is 10.6 Å². The number of carbonyl (C=O) groups is 2. The second-order valence-electron chi connectivity index (χ2n) is 4.69. The fraction of sp³-hybridized carbons (Fsp3) is 0.800. The number of rotatable bonds is 5. The van der Waals surface area contributed by atoms with Gasteiger partial charge in [-0.3, -0.25) is 9.59 Å². The lowest BCUT2D eigenvalue weighted by atomic mass is 9.88. The van der Waals surface area contributed by atoms with Crippen molar-refractivity contribution in [3.8, 4) is 0 Å². The van der Waals surface area contributed by atoms with Gasteiger partial charge in [-0.05, 0) is 25.2 Å². The molecular weight excluding hydrogens is 258 g/mol. The highest BCUT2D eigenvalue weighted by Crippen LogP contribution is 2.28. The molecule has 0 radical (unpaired) electrons. The summed E-state index contributed by atoms with van der Waals surface area (Å²) >= 11 is 0. The number of sulfonamides is 1. The zero-order chi connectivity index (χ0) is 13.9. The summed E-state index contributed by atoms with van der Waals surface area (Å²) in [5.74, 6) is -0.937. The van der Waals surface area contributed by atoms with E-state index in [1.165, 1.54) is 0 Å². The Morgan fingerprint density at radius 2 is 1.94 bits per heavy atom. The van der Waals surface area contributed by atoms with Gasteiger partial charge in [0, 0.05) is 13.0 Å². The summed E-state index contributed by atoms with van der Waals surface area (Å²) in [6.07, 6.45) is 2.85. The van der Waals surface area contributed by atoms with Crippen molar-refractivity contribution in [3.05, 3.63) is 0 Å². The smallest absolute Gasteiger partial charge is 0.235 e. The molecule has 0 bridgehead atoms. The van der Waals surface area contributed by atoms with Gasteiger partial charge < -0.3 is 11.5 Å². The van der Waals surface area contributed by atoms with Crippen LogP contribution in [0.15, 0.2) is 0 Å². The molecule has 8 heteroatoms. The SMILES string of the molecule is CS(=O)(=O)N1CC[C@@H](CCC(N)=O)C[C@@H]1C(N)=O. The van der Waals surface area contributed by atoms with Crippen molar-refractivity contribution in [1.82, 2.24) is 4.31 Å². The molecule has 0 unspecified atom stereocenters. The van der Waals surface area contributed by atoms with E-state index in [0.29, 0.717) is 19.3 Å². The lowest BCUT2D eigenvalue weighted by molar-refractivity contribution is -0.123. The van der Waals surface area contributed by atoms with Gasteiger partial charge in [0.05, 0.1) is 6.26 Å². The normalized spacial score (nSPS) is 25.8. The number of hydrogen-bond acceptors (Lipinski definition) is 4. The number of hydrogen-bond donors (Lipinski definition) is 2. The van der Waals surface area contributed by atoms with Gasteiger partial charge in [-0.1, -0.05) is 0 Å². The lowest BCUT2D eigenvalue weighted by Crippen LogP contribution is -2.52. The first-order chi connectivity index (χ1) is 8.21. The minimum Gasteiger partial charge on any atom is -0.370 e. The van der Waals surface area contributed by atoms with Gasteiger partial charge in [0.15, 0.2) is 0 Å². The van der Waals surface area contributed by atoms with E-state index in [1.54, 1.807) is 0 Å². The Balaban J connectivity index is 2.71. The fourth-order valence-corrected chi connectivity index (χ4v) is 3.37. The summed E-state index contributed by atoms with van der Waals surface area (Å²) < 4.78 is 24.2. The average molecular weight is 277 g/mol. The molecule has 7 nitrogen and oxygen atoms in total. The van der Waals surface area contributed by atoms with Crippen LogP contribution in [0.1, 0.15) is 25.7 Å². The summed E-state index contributed by atoms with van der Waals surface area (Å²) in [5.41, 5.74) is 10.3. The van der Waals surface area contributed by atoms with Crippen LogP contribution >= 0.6 is 0 Å². The van der Waals surface area contributed by atoms with Gasteiger partial charge in [-0.2, -0.15) is 4.31 Å². The molecule has 1 aliphatic heterocycles. The summed E-state index contributed by atoms with van der Waals surface area (Å²) in [5, 5.41) is 0. The predicted molar refractivity (Wildman–Crippen MR) is 65.7 cm³/mol. The molecule has 0 saturated carbocycles. The molecule has 1 heterocycles. The highest BCUT2D eigenvalue weighted by Gasteiger charge is 2.36. The van der Waals surface area contributed by atoms with Crippen LogP contribution in [0.25, 0.3) is 0 Å². The third-order valence-electron chi connectivity index (χ3n) is 3.22. The predicted octanol–water partition coefficient (Wildman–Crippen LogP) is -1.22. The third kappa shape index (κ3) is 3.95. The van der Waals surface area contributed by atoms with E-state index in [1.807, 2.05) is 0 Å². The summed E-state index contributed by atoms with van der Waals surface area (Å²) in [6, 6.07) is -0.813. The first kappa shape index (κ1) is 14.9. The quantitative estimate of drug-likeness (QED) is 0.653. The number of piperidine rings is 1. The molecular formula is C10H19N3O4S. The van der Waals surface area contributed by atoms with Crippen LogP contribution in [0, 0.1) is 5.92 Å². The molecule has 2 amide bonds. The van der Waals surface area contributed by atoms with Gasteiger partial charge in [0.25, 0.3) is 0 Å². The Hall–Kier alpha value is -1.15. The average Bonchev–Trinajstić information content (AvgIpc) is 2.24. The minimum absolute atomic E-state index is 0.105. The molecule has 18 heavy (non-hydrogen) atoms. The Bertz CT molecular complexity index is 434. The molecule has 1 saturated heterocycles. The molecule has 0 spiro atoms. The topological polar surface area (TPSA) is 124 Å². The number of nitrogens with two attached hydrogens (primary N) is 2. The number of nitrogens with zero attached hydrogens (tertiary/aromatic N) is 1. The monoisotopic (exact) mass is 277 g/mol. The van der Waals surface area contributed by atoms with E-state index >= 15 is 0 Å². The molecule has 2 atom stereocenters. The summed E-state index contributed by atoms with van der Waals surface area (Å²) in [6.45, 7) is 0.260. The van der Waals surface area contributed by atoms with Gasteiger partial charge in [-0.15, -0.1) is 0 Å². The maximum Gasteiger partial charge on any atom is 0.235 e. The molecule has 0 aromatic rings. The molecule has 1 rings (SSSR count). The standard InChI is InChI=1S/C10H19N3O4S/c1-18(16,17)13-5-4-7(2-3-9(11)14)6-8(13)10(12)15/h7-8H,2-6H2,1H3,(H2,11,14)(H2,12,15)/t7-,8-/m1/s1. The molecule has 4 N–H and O–H groups in total. The van der Waals surface area contributed by atoms with Crippen LogP contribution in [0.4, 0.5) is 0 Å². The van der Waals surface area contributed by atoms with Crippen molar-refractivity contribution in [2.75, 3.05) is 12.8 Å². The first-order valence-electron chi connectivity index (χ1n) is 5.76. The van der Waals surface area contributed by atoms with Gasteiger partial charge in [0.2, 0.25) is 21.8 Å². The Morgan fingerprint density at radius 3 is 2.39 bits per heavy atom. The molecule has 104 valence electrons. The molecule has 1 fully saturated rings. The lowest BCUT2D eigenvalue weighted by Gasteiger charge is -2.35. The molecule has 0 aliphatic carbocycles. The zero-order valence-corrected chi connectivity index (χ0v) is 11.1.